The van der Waals surface area contributed by atoms with Crippen molar-refractivity contribution >= 4 is 20.8 Å². The summed E-state index contributed by atoms with van der Waals surface area (Å²) in [7, 11) is 3.10. The Morgan fingerprint density at radius 3 is 1.21 bits per heavy atom. The first-order chi connectivity index (χ1) is 16.0. The first-order valence-electron chi connectivity index (χ1n) is 14.8. The van der Waals surface area contributed by atoms with Gasteiger partial charge in [0.15, 0.2) is 0 Å². The molecule has 0 aliphatic heterocycles. The van der Waals surface area contributed by atoms with E-state index < -0.39 is 0 Å². The van der Waals surface area contributed by atoms with E-state index in [2.05, 4.69) is 16.2 Å². The Hall–Kier alpha value is -0.230. The van der Waals surface area contributed by atoms with Gasteiger partial charge in [0.25, 0.3) is 0 Å². The van der Waals surface area contributed by atoms with E-state index in [4.69, 9.17) is 0 Å². The molecule has 3 heteroatoms. The van der Waals surface area contributed by atoms with Crippen LogP contribution < -0.4 is 0 Å². The molecule has 2 saturated carbocycles. The van der Waals surface area contributed by atoms with Crippen LogP contribution in [0.5, 0.6) is 0 Å². The minimum atomic E-state index is 0.200. The van der Waals surface area contributed by atoms with Crippen LogP contribution in [-0.4, -0.2) is 16.7 Å². The van der Waals surface area contributed by atoms with Crippen molar-refractivity contribution in [3.8, 4) is 0 Å². The summed E-state index contributed by atoms with van der Waals surface area (Å²) in [5, 5.41) is 0.369. The lowest BCUT2D eigenvalue weighted by Crippen LogP contribution is -2.20. The Kier molecular flexibility index (Phi) is 15.2. The van der Waals surface area contributed by atoms with Gasteiger partial charge in [0.05, 0.1) is 0 Å². The third kappa shape index (κ3) is 13.4. The Bertz CT molecular complexity index is 529. The Balaban J connectivity index is 1.81. The first kappa shape index (κ1) is 29.0. The second-order valence-corrected chi connectivity index (χ2v) is 13.2. The molecule has 2 rings (SSSR count). The normalized spacial score (nSPS) is 28.8. The van der Waals surface area contributed by atoms with Crippen molar-refractivity contribution in [1.82, 2.24) is 0 Å². The first-order valence-corrected chi connectivity index (χ1v) is 15.4. The van der Waals surface area contributed by atoms with Crippen molar-refractivity contribution in [3.05, 3.63) is 0 Å². The molecular formula is C30H55O2P. The minimum absolute atomic E-state index is 0.200. The molecule has 2 fully saturated rings. The van der Waals surface area contributed by atoms with Gasteiger partial charge in [-0.05, 0) is 43.7 Å². The molecule has 0 aromatic heterocycles. The molecular weight excluding hydrogens is 423 g/mol. The van der Waals surface area contributed by atoms with E-state index in [1.807, 2.05) is 0 Å². The molecule has 0 N–H and O–H groups in total. The zero-order valence-electron chi connectivity index (χ0n) is 22.0. The molecule has 2 aliphatic rings. The Labute approximate surface area is 208 Å². The van der Waals surface area contributed by atoms with Crippen LogP contribution in [0.15, 0.2) is 0 Å². The standard InChI is InChI=1S/C30H55O2P/c1-30(33)24-16-11-7-10-14-20-27(21-15-17-25-30)29(32)23-22-28(31)26-18-12-8-5-3-2-4-6-9-13-19-26/h26-27H,2-25,33H2,1H3. The van der Waals surface area contributed by atoms with Crippen LogP contribution in [0.1, 0.15) is 161 Å². The summed E-state index contributed by atoms with van der Waals surface area (Å²) in [5.41, 5.74) is 0. The highest BCUT2D eigenvalue weighted by molar-refractivity contribution is 7.18. The monoisotopic (exact) mass is 478 g/mol. The maximum absolute atomic E-state index is 13.1. The molecule has 0 heterocycles. The molecule has 0 spiro atoms. The zero-order chi connectivity index (χ0) is 23.8. The molecule has 0 saturated heterocycles. The number of carbonyl (C=O) groups excluding carboxylic acids is 2. The highest BCUT2D eigenvalue weighted by Crippen LogP contribution is 2.33. The summed E-state index contributed by atoms with van der Waals surface area (Å²) in [5.74, 6) is 1.20. The average molecular weight is 479 g/mol. The van der Waals surface area contributed by atoms with E-state index >= 15 is 0 Å². The zero-order valence-corrected chi connectivity index (χ0v) is 23.2. The predicted octanol–water partition coefficient (Wildman–Crippen LogP) is 9.38. The molecule has 3 atom stereocenters. The third-order valence-corrected chi connectivity index (χ3v) is 9.06. The van der Waals surface area contributed by atoms with Crippen molar-refractivity contribution in [1.29, 1.82) is 0 Å². The van der Waals surface area contributed by atoms with Gasteiger partial charge in [0.1, 0.15) is 11.6 Å². The van der Waals surface area contributed by atoms with Crippen LogP contribution in [0.25, 0.3) is 0 Å². The smallest absolute Gasteiger partial charge is 0.136 e. The molecule has 2 nitrogen and oxygen atoms in total. The molecule has 192 valence electrons. The van der Waals surface area contributed by atoms with Crippen LogP contribution in [0.4, 0.5) is 0 Å². The van der Waals surface area contributed by atoms with Crippen molar-refractivity contribution in [3.63, 3.8) is 0 Å². The van der Waals surface area contributed by atoms with Gasteiger partial charge < -0.3 is 0 Å². The van der Waals surface area contributed by atoms with Crippen LogP contribution in [0, 0.1) is 11.8 Å². The maximum Gasteiger partial charge on any atom is 0.136 e. The maximum atomic E-state index is 13.1. The molecule has 33 heavy (non-hydrogen) atoms. The number of rotatable bonds is 5. The Morgan fingerprint density at radius 1 is 0.545 bits per heavy atom. The fraction of sp³-hybridized carbons (Fsp3) is 0.933. The fourth-order valence-corrected chi connectivity index (χ4v) is 6.51. The van der Waals surface area contributed by atoms with Crippen LogP contribution in [-0.2, 0) is 9.59 Å². The van der Waals surface area contributed by atoms with E-state index in [1.165, 1.54) is 109 Å². The van der Waals surface area contributed by atoms with Crippen molar-refractivity contribution < 1.29 is 9.59 Å². The van der Waals surface area contributed by atoms with Crippen molar-refractivity contribution in [2.75, 3.05) is 0 Å². The van der Waals surface area contributed by atoms with Gasteiger partial charge in [0, 0.05) is 24.7 Å². The van der Waals surface area contributed by atoms with E-state index in [9.17, 15) is 9.59 Å². The second-order valence-electron chi connectivity index (χ2n) is 11.8. The predicted molar refractivity (Wildman–Crippen MR) is 146 cm³/mol. The van der Waals surface area contributed by atoms with Gasteiger partial charge in [-0.1, -0.05) is 110 Å². The van der Waals surface area contributed by atoms with Gasteiger partial charge in [-0.3, -0.25) is 9.59 Å². The number of carbonyl (C=O) groups is 2. The quantitative estimate of drug-likeness (QED) is 0.369. The minimum Gasteiger partial charge on any atom is -0.299 e. The summed E-state index contributed by atoms with van der Waals surface area (Å²) < 4.78 is 0. The van der Waals surface area contributed by atoms with Crippen LogP contribution in [0.2, 0.25) is 0 Å². The van der Waals surface area contributed by atoms with Gasteiger partial charge >= 0.3 is 0 Å². The van der Waals surface area contributed by atoms with Gasteiger partial charge in [0.2, 0.25) is 0 Å². The fourth-order valence-electron chi connectivity index (χ4n) is 6.10. The Morgan fingerprint density at radius 2 is 0.818 bits per heavy atom. The van der Waals surface area contributed by atoms with Gasteiger partial charge in [-0.15, -0.1) is 9.24 Å². The molecule has 0 amide bonds. The van der Waals surface area contributed by atoms with E-state index in [-0.39, 0.29) is 11.8 Å². The average Bonchev–Trinajstić information content (AvgIpc) is 2.79. The summed E-state index contributed by atoms with van der Waals surface area (Å²) in [6.45, 7) is 2.38. The lowest BCUT2D eigenvalue weighted by atomic mass is 9.85. The van der Waals surface area contributed by atoms with Gasteiger partial charge in [-0.25, -0.2) is 0 Å². The van der Waals surface area contributed by atoms with E-state index in [0.29, 0.717) is 29.6 Å². The van der Waals surface area contributed by atoms with Gasteiger partial charge in [-0.2, -0.15) is 0 Å². The number of Topliss-reactive ketones (excluding diaryl/α,β-unsaturated/α-hetero) is 2. The second kappa shape index (κ2) is 17.2. The van der Waals surface area contributed by atoms with E-state index in [0.717, 1.165) is 32.1 Å². The van der Waals surface area contributed by atoms with Crippen molar-refractivity contribution in [2.45, 2.75) is 166 Å². The SMILES string of the molecule is CC1(P)CCCCCCCC(C(=O)CCC(=O)C2CCCCCCCCCCC2)CCCC1. The molecule has 3 unspecified atom stereocenters. The summed E-state index contributed by atoms with van der Waals surface area (Å²) >= 11 is 0. The number of hydrogen-bond acceptors (Lipinski definition) is 2. The summed E-state index contributed by atoms with van der Waals surface area (Å²) in [6.07, 6.45) is 28.3. The van der Waals surface area contributed by atoms with Crippen LogP contribution >= 0.6 is 9.24 Å². The summed E-state index contributed by atoms with van der Waals surface area (Å²) in [4.78, 5) is 26.2. The topological polar surface area (TPSA) is 34.1 Å². The number of hydrogen-bond donors (Lipinski definition) is 0. The largest absolute Gasteiger partial charge is 0.299 e. The molecule has 0 aromatic rings. The lowest BCUT2D eigenvalue weighted by molar-refractivity contribution is -0.128. The highest BCUT2D eigenvalue weighted by atomic mass is 31.0. The number of ketones is 2. The molecule has 0 bridgehead atoms. The van der Waals surface area contributed by atoms with Crippen LogP contribution in [0.3, 0.4) is 0 Å². The molecule has 0 radical (unpaired) electrons. The summed E-state index contributed by atoms with van der Waals surface area (Å²) in [6, 6.07) is 0. The molecule has 2 aliphatic carbocycles. The molecule has 0 aromatic carbocycles. The van der Waals surface area contributed by atoms with E-state index in [1.54, 1.807) is 0 Å². The lowest BCUT2D eigenvalue weighted by Gasteiger charge is -2.24. The third-order valence-electron chi connectivity index (χ3n) is 8.48. The highest BCUT2D eigenvalue weighted by Gasteiger charge is 2.23. The van der Waals surface area contributed by atoms with Crippen molar-refractivity contribution in [2.24, 2.45) is 11.8 Å².